The maximum Gasteiger partial charge on any atom is 0.221 e. The molecule has 1 N–H and O–H groups in total. The van der Waals surface area contributed by atoms with Crippen LogP contribution in [0.5, 0.6) is 0 Å². The summed E-state index contributed by atoms with van der Waals surface area (Å²) < 4.78 is 24.2. The molecule has 0 bridgehead atoms. The topological polar surface area (TPSA) is 63.2 Å². The van der Waals surface area contributed by atoms with Gasteiger partial charge < -0.3 is 5.32 Å². The van der Waals surface area contributed by atoms with Crippen LogP contribution < -0.4 is 5.32 Å². The Morgan fingerprint density at radius 2 is 1.91 bits per heavy atom. The molecule has 2 aromatic rings. The first-order chi connectivity index (χ1) is 10.5. The number of sulfone groups is 1. The van der Waals surface area contributed by atoms with E-state index in [0.29, 0.717) is 0 Å². The Hall–Kier alpha value is -1.66. The Bertz CT molecular complexity index is 694. The molecule has 1 aromatic heterocycles. The number of nitrogens with one attached hydrogen (secondary N) is 1. The lowest BCUT2D eigenvalue weighted by atomic mass is 10.2. The van der Waals surface area contributed by atoms with E-state index >= 15 is 0 Å². The van der Waals surface area contributed by atoms with Crippen LogP contribution >= 0.6 is 11.3 Å². The largest absolute Gasteiger partial charge is 0.353 e. The van der Waals surface area contributed by atoms with Gasteiger partial charge in [0.05, 0.1) is 10.6 Å². The molecule has 0 aliphatic heterocycles. The molecule has 1 atom stereocenters. The first-order valence-corrected chi connectivity index (χ1v) is 9.60. The fraction of sp³-hybridized carbons (Fsp3) is 0.312. The third-order valence-corrected chi connectivity index (χ3v) is 5.83. The van der Waals surface area contributed by atoms with Gasteiger partial charge in [0, 0.05) is 23.8 Å². The van der Waals surface area contributed by atoms with Crippen LogP contribution in [-0.2, 0) is 21.1 Å². The van der Waals surface area contributed by atoms with E-state index < -0.39 is 9.84 Å². The maximum absolute atomic E-state index is 12.1. The Balaban J connectivity index is 1.82. The number of amides is 1. The van der Waals surface area contributed by atoms with Crippen LogP contribution in [-0.4, -0.2) is 26.1 Å². The molecule has 0 radical (unpaired) electrons. The molecule has 0 aliphatic carbocycles. The third kappa shape index (κ3) is 4.96. The van der Waals surface area contributed by atoms with Crippen molar-refractivity contribution in [3.8, 4) is 0 Å². The molecule has 1 aromatic carbocycles. The van der Waals surface area contributed by atoms with Crippen molar-refractivity contribution in [3.05, 3.63) is 52.7 Å². The minimum atomic E-state index is -3.40. The number of benzene rings is 1. The van der Waals surface area contributed by atoms with Crippen LogP contribution in [0.25, 0.3) is 0 Å². The molecule has 0 aliphatic rings. The highest BCUT2D eigenvalue weighted by molar-refractivity contribution is 7.91. The van der Waals surface area contributed by atoms with Crippen molar-refractivity contribution in [2.75, 3.05) is 5.75 Å². The molecule has 0 spiro atoms. The van der Waals surface area contributed by atoms with E-state index in [1.165, 1.54) is 4.88 Å². The summed E-state index contributed by atoms with van der Waals surface area (Å²) in [4.78, 5) is 13.3. The second kappa shape index (κ2) is 7.56. The van der Waals surface area contributed by atoms with Crippen molar-refractivity contribution < 1.29 is 13.2 Å². The maximum atomic E-state index is 12.1. The molecular weight excluding hydrogens is 318 g/mol. The molecule has 4 nitrogen and oxygen atoms in total. The Morgan fingerprint density at radius 3 is 2.55 bits per heavy atom. The van der Waals surface area contributed by atoms with Crippen molar-refractivity contribution in [2.24, 2.45) is 0 Å². The molecular formula is C16H19NO3S2. The van der Waals surface area contributed by atoms with Gasteiger partial charge in [-0.3, -0.25) is 4.79 Å². The molecule has 22 heavy (non-hydrogen) atoms. The van der Waals surface area contributed by atoms with Crippen LogP contribution in [0.2, 0.25) is 0 Å². The summed E-state index contributed by atoms with van der Waals surface area (Å²) in [6, 6.07) is 12.2. The second-order valence-corrected chi connectivity index (χ2v) is 8.28. The molecule has 2 rings (SSSR count). The predicted molar refractivity (Wildman–Crippen MR) is 88.7 cm³/mol. The second-order valence-electron chi connectivity index (χ2n) is 5.13. The monoisotopic (exact) mass is 337 g/mol. The van der Waals surface area contributed by atoms with Crippen molar-refractivity contribution in [1.29, 1.82) is 0 Å². The molecule has 0 saturated heterocycles. The van der Waals surface area contributed by atoms with Gasteiger partial charge in [-0.2, -0.15) is 0 Å². The van der Waals surface area contributed by atoms with E-state index in [1.54, 1.807) is 41.7 Å². The summed E-state index contributed by atoms with van der Waals surface area (Å²) in [6.07, 6.45) is 0.737. The molecule has 0 fully saturated rings. The molecule has 0 unspecified atom stereocenters. The fourth-order valence-electron chi connectivity index (χ4n) is 2.10. The molecule has 6 heteroatoms. The number of rotatable bonds is 7. The standard InChI is InChI=1S/C16H19NO3S2/c1-13(12-14-6-5-10-21-14)17-16(18)9-11-22(19,20)15-7-3-2-4-8-15/h2-8,10,13H,9,11-12H2,1H3,(H,17,18)/t13-/m0/s1. The average Bonchev–Trinajstić information content (AvgIpc) is 2.99. The van der Waals surface area contributed by atoms with Gasteiger partial charge in [0.1, 0.15) is 0 Å². The summed E-state index contributed by atoms with van der Waals surface area (Å²) >= 11 is 1.65. The Kier molecular flexibility index (Phi) is 5.74. The van der Waals surface area contributed by atoms with Gasteiger partial charge in [-0.1, -0.05) is 24.3 Å². The van der Waals surface area contributed by atoms with E-state index in [1.807, 2.05) is 24.4 Å². The van der Waals surface area contributed by atoms with Gasteiger partial charge in [0.25, 0.3) is 0 Å². The van der Waals surface area contributed by atoms with Crippen molar-refractivity contribution in [3.63, 3.8) is 0 Å². The SMILES string of the molecule is C[C@@H](Cc1cccs1)NC(=O)CCS(=O)(=O)c1ccccc1. The zero-order valence-corrected chi connectivity index (χ0v) is 14.0. The highest BCUT2D eigenvalue weighted by Gasteiger charge is 2.17. The lowest BCUT2D eigenvalue weighted by Crippen LogP contribution is -2.34. The van der Waals surface area contributed by atoms with Crippen LogP contribution in [0.4, 0.5) is 0 Å². The minimum absolute atomic E-state index is 0.00872. The van der Waals surface area contributed by atoms with Crippen molar-refractivity contribution >= 4 is 27.1 Å². The highest BCUT2D eigenvalue weighted by Crippen LogP contribution is 2.12. The average molecular weight is 337 g/mol. The summed E-state index contributed by atoms with van der Waals surface area (Å²) in [5.74, 6) is -0.405. The summed E-state index contributed by atoms with van der Waals surface area (Å²) in [5, 5.41) is 4.84. The number of hydrogen-bond acceptors (Lipinski definition) is 4. The number of carbonyl (C=O) groups excluding carboxylic acids is 1. The van der Waals surface area contributed by atoms with Gasteiger partial charge >= 0.3 is 0 Å². The molecule has 1 amide bonds. The quantitative estimate of drug-likeness (QED) is 0.845. The molecule has 118 valence electrons. The summed E-state index contributed by atoms with van der Waals surface area (Å²) in [6.45, 7) is 1.92. The summed E-state index contributed by atoms with van der Waals surface area (Å²) in [5.41, 5.74) is 0. The smallest absolute Gasteiger partial charge is 0.221 e. The number of hydrogen-bond donors (Lipinski definition) is 1. The van der Waals surface area contributed by atoms with E-state index in [2.05, 4.69) is 5.32 Å². The van der Waals surface area contributed by atoms with Crippen LogP contribution in [0.3, 0.4) is 0 Å². The van der Waals surface area contributed by atoms with Gasteiger partial charge in [0.15, 0.2) is 9.84 Å². The third-order valence-electron chi connectivity index (χ3n) is 3.20. The van der Waals surface area contributed by atoms with Gasteiger partial charge in [-0.25, -0.2) is 8.42 Å². The van der Waals surface area contributed by atoms with E-state index in [4.69, 9.17) is 0 Å². The van der Waals surface area contributed by atoms with E-state index in [9.17, 15) is 13.2 Å². The first-order valence-electron chi connectivity index (χ1n) is 7.07. The van der Waals surface area contributed by atoms with E-state index in [-0.39, 0.29) is 29.0 Å². The summed E-state index contributed by atoms with van der Waals surface area (Å²) in [7, 11) is -3.40. The minimum Gasteiger partial charge on any atom is -0.353 e. The lowest BCUT2D eigenvalue weighted by molar-refractivity contribution is -0.121. The van der Waals surface area contributed by atoms with E-state index in [0.717, 1.165) is 6.42 Å². The van der Waals surface area contributed by atoms with Crippen LogP contribution in [0.1, 0.15) is 18.2 Å². The van der Waals surface area contributed by atoms with Gasteiger partial charge in [-0.05, 0) is 30.5 Å². The predicted octanol–water partition coefficient (Wildman–Crippen LogP) is 2.66. The molecule has 1 heterocycles. The highest BCUT2D eigenvalue weighted by atomic mass is 32.2. The van der Waals surface area contributed by atoms with Crippen molar-refractivity contribution in [1.82, 2.24) is 5.32 Å². The fourth-order valence-corrected chi connectivity index (χ4v) is 4.20. The zero-order chi connectivity index (χ0) is 16.0. The van der Waals surface area contributed by atoms with Gasteiger partial charge in [-0.15, -0.1) is 11.3 Å². The first kappa shape index (κ1) is 16.7. The van der Waals surface area contributed by atoms with Crippen LogP contribution in [0.15, 0.2) is 52.7 Å². The molecule has 0 saturated carbocycles. The Morgan fingerprint density at radius 1 is 1.18 bits per heavy atom. The number of thiophene rings is 1. The zero-order valence-electron chi connectivity index (χ0n) is 12.4. The number of carbonyl (C=O) groups is 1. The normalized spacial score (nSPS) is 12.8. The van der Waals surface area contributed by atoms with Crippen molar-refractivity contribution in [2.45, 2.75) is 30.7 Å². The Labute approximate surface area is 135 Å². The lowest BCUT2D eigenvalue weighted by Gasteiger charge is -2.13. The van der Waals surface area contributed by atoms with Crippen LogP contribution in [0, 0.1) is 0 Å². The van der Waals surface area contributed by atoms with Gasteiger partial charge in [0.2, 0.25) is 5.91 Å².